The number of hydrogen-bond acceptors (Lipinski definition) is 2. The van der Waals surface area contributed by atoms with Crippen molar-refractivity contribution in [1.29, 1.82) is 0 Å². The highest BCUT2D eigenvalue weighted by molar-refractivity contribution is 14.0. The van der Waals surface area contributed by atoms with E-state index in [1.807, 2.05) is 36.4 Å². The summed E-state index contributed by atoms with van der Waals surface area (Å²) in [5, 5.41) is 3.12. The monoisotopic (exact) mass is 449 g/mol. The molecule has 132 valence electrons. The van der Waals surface area contributed by atoms with Gasteiger partial charge in [0.05, 0.1) is 11.0 Å². The molecule has 5 nitrogen and oxygen atoms in total. The van der Waals surface area contributed by atoms with Gasteiger partial charge >= 0.3 is 0 Å². The molecule has 1 heterocycles. The Morgan fingerprint density at radius 2 is 1.92 bits per heavy atom. The Bertz CT molecular complexity index is 790. The van der Waals surface area contributed by atoms with Crippen LogP contribution in [-0.2, 0) is 12.8 Å². The van der Waals surface area contributed by atoms with Crippen molar-refractivity contribution in [2.24, 2.45) is 10.7 Å². The van der Waals surface area contributed by atoms with E-state index < -0.39 is 0 Å². The second-order valence-electron chi connectivity index (χ2n) is 5.75. The number of para-hydroxylation sites is 2. The predicted octanol–water partition coefficient (Wildman–Crippen LogP) is 4.10. The molecule has 0 saturated heterocycles. The average Bonchev–Trinajstić information content (AvgIpc) is 3.02. The first-order chi connectivity index (χ1) is 11.7. The van der Waals surface area contributed by atoms with Gasteiger partial charge in [-0.25, -0.2) is 4.98 Å². The van der Waals surface area contributed by atoms with E-state index in [2.05, 4.69) is 39.3 Å². The number of H-pyrrole nitrogens is 1. The van der Waals surface area contributed by atoms with Gasteiger partial charge in [-0.05, 0) is 42.7 Å². The van der Waals surface area contributed by atoms with Crippen molar-refractivity contribution < 1.29 is 0 Å². The highest BCUT2D eigenvalue weighted by Gasteiger charge is 2.01. The van der Waals surface area contributed by atoms with Crippen LogP contribution >= 0.6 is 24.0 Å². The number of anilines is 1. The number of aliphatic imine (C=N–C) groups is 1. The maximum absolute atomic E-state index is 5.93. The number of rotatable bonds is 6. The summed E-state index contributed by atoms with van der Waals surface area (Å²) in [6.07, 6.45) is 2.79. The third kappa shape index (κ3) is 5.45. The highest BCUT2D eigenvalue weighted by Crippen LogP contribution is 2.11. The Morgan fingerprint density at radius 3 is 2.64 bits per heavy atom. The van der Waals surface area contributed by atoms with Crippen LogP contribution in [0.4, 0.5) is 5.69 Å². The second-order valence-corrected chi connectivity index (χ2v) is 5.75. The summed E-state index contributed by atoms with van der Waals surface area (Å²) in [5.41, 5.74) is 10.3. The first-order valence-electron chi connectivity index (χ1n) is 8.34. The number of hydrogen-bond donors (Lipinski definition) is 3. The molecule has 0 aliphatic heterocycles. The summed E-state index contributed by atoms with van der Waals surface area (Å²) < 4.78 is 0. The molecule has 25 heavy (non-hydrogen) atoms. The van der Waals surface area contributed by atoms with E-state index in [9.17, 15) is 0 Å². The smallest absolute Gasteiger partial charge is 0.193 e. The number of nitrogens with zero attached hydrogens (tertiary/aromatic N) is 2. The second kappa shape index (κ2) is 9.41. The molecule has 0 saturated carbocycles. The molecule has 0 unspecified atom stereocenters. The number of nitrogens with two attached hydrogens (primary N) is 1. The fraction of sp³-hybridized carbons (Fsp3) is 0.263. The zero-order valence-electron chi connectivity index (χ0n) is 14.3. The minimum atomic E-state index is 0. The van der Waals surface area contributed by atoms with Crippen molar-refractivity contribution in [1.82, 2.24) is 9.97 Å². The maximum Gasteiger partial charge on any atom is 0.193 e. The van der Waals surface area contributed by atoms with Gasteiger partial charge in [-0.2, -0.15) is 0 Å². The number of nitrogens with one attached hydrogen (secondary N) is 2. The first-order valence-corrected chi connectivity index (χ1v) is 8.34. The topological polar surface area (TPSA) is 79.1 Å². The first kappa shape index (κ1) is 19.2. The minimum absolute atomic E-state index is 0. The highest BCUT2D eigenvalue weighted by atomic mass is 127. The molecule has 0 spiro atoms. The molecule has 0 atom stereocenters. The van der Waals surface area contributed by atoms with Crippen LogP contribution in [0.2, 0.25) is 0 Å². The third-order valence-electron chi connectivity index (χ3n) is 3.93. The quantitative estimate of drug-likeness (QED) is 0.230. The van der Waals surface area contributed by atoms with Gasteiger partial charge in [-0.3, -0.25) is 4.99 Å². The lowest BCUT2D eigenvalue weighted by atomic mass is 10.1. The SMILES string of the molecule is CCc1ccc(NC(N)=NCCCc2nc3ccccc3[nH]2)cc1.I. The summed E-state index contributed by atoms with van der Waals surface area (Å²) in [5.74, 6) is 1.44. The van der Waals surface area contributed by atoms with Crippen molar-refractivity contribution in [3.05, 3.63) is 59.9 Å². The fourth-order valence-corrected chi connectivity index (χ4v) is 2.58. The van der Waals surface area contributed by atoms with E-state index in [1.54, 1.807) is 0 Å². The molecular weight excluding hydrogens is 425 g/mol. The lowest BCUT2D eigenvalue weighted by Crippen LogP contribution is -2.22. The molecule has 0 aliphatic carbocycles. The Labute approximate surface area is 165 Å². The minimum Gasteiger partial charge on any atom is -0.370 e. The molecule has 0 aliphatic rings. The van der Waals surface area contributed by atoms with Crippen molar-refractivity contribution in [2.75, 3.05) is 11.9 Å². The lowest BCUT2D eigenvalue weighted by molar-refractivity contribution is 0.796. The lowest BCUT2D eigenvalue weighted by Gasteiger charge is -2.06. The summed E-state index contributed by atoms with van der Waals surface area (Å²) >= 11 is 0. The van der Waals surface area contributed by atoms with Crippen molar-refractivity contribution >= 4 is 46.7 Å². The Kier molecular flexibility index (Phi) is 7.24. The molecule has 2 aromatic carbocycles. The molecule has 1 aromatic heterocycles. The number of benzene rings is 2. The van der Waals surface area contributed by atoms with Crippen LogP contribution in [0, 0.1) is 0 Å². The number of fused-ring (bicyclic) bond motifs is 1. The van der Waals surface area contributed by atoms with Gasteiger partial charge < -0.3 is 16.0 Å². The number of aryl methyl sites for hydroxylation is 2. The standard InChI is InChI=1S/C19H23N5.HI/c1-2-14-9-11-15(12-10-14)22-19(20)21-13-5-8-18-23-16-6-3-4-7-17(16)24-18;/h3-4,6-7,9-12H,2,5,8,13H2,1H3,(H,23,24)(H3,20,21,22);1H. The molecule has 4 N–H and O–H groups in total. The van der Waals surface area contributed by atoms with E-state index >= 15 is 0 Å². The van der Waals surface area contributed by atoms with E-state index in [-0.39, 0.29) is 24.0 Å². The van der Waals surface area contributed by atoms with Crippen LogP contribution in [0.25, 0.3) is 11.0 Å². The normalized spacial score (nSPS) is 11.3. The average molecular weight is 449 g/mol. The van der Waals surface area contributed by atoms with Gasteiger partial charge in [0, 0.05) is 18.7 Å². The van der Waals surface area contributed by atoms with Crippen LogP contribution in [-0.4, -0.2) is 22.5 Å². The number of guanidine groups is 1. The van der Waals surface area contributed by atoms with Crippen LogP contribution in [0.1, 0.15) is 24.7 Å². The molecule has 6 heteroatoms. The van der Waals surface area contributed by atoms with Crippen LogP contribution < -0.4 is 11.1 Å². The Hall–Kier alpha value is -2.09. The van der Waals surface area contributed by atoms with Crippen LogP contribution in [0.3, 0.4) is 0 Å². The van der Waals surface area contributed by atoms with E-state index in [0.29, 0.717) is 12.5 Å². The molecule has 3 aromatic rings. The molecule has 0 amide bonds. The van der Waals surface area contributed by atoms with Gasteiger partial charge in [0.2, 0.25) is 0 Å². The van der Waals surface area contributed by atoms with Crippen molar-refractivity contribution in [3.8, 4) is 0 Å². The molecular formula is C19H24IN5. The van der Waals surface area contributed by atoms with E-state index in [0.717, 1.165) is 41.8 Å². The third-order valence-corrected chi connectivity index (χ3v) is 3.93. The van der Waals surface area contributed by atoms with E-state index in [1.165, 1.54) is 5.56 Å². The number of imidazole rings is 1. The van der Waals surface area contributed by atoms with E-state index in [4.69, 9.17) is 5.73 Å². The molecule has 0 radical (unpaired) electrons. The maximum atomic E-state index is 5.93. The number of aromatic nitrogens is 2. The van der Waals surface area contributed by atoms with Crippen LogP contribution in [0.15, 0.2) is 53.5 Å². The molecule has 0 fully saturated rings. The Morgan fingerprint density at radius 1 is 1.16 bits per heavy atom. The van der Waals surface area contributed by atoms with Crippen molar-refractivity contribution in [3.63, 3.8) is 0 Å². The summed E-state index contributed by atoms with van der Waals surface area (Å²) in [6.45, 7) is 2.81. The summed E-state index contributed by atoms with van der Waals surface area (Å²) in [6, 6.07) is 16.3. The number of aromatic amines is 1. The van der Waals surface area contributed by atoms with Gasteiger partial charge in [0.1, 0.15) is 5.82 Å². The van der Waals surface area contributed by atoms with Gasteiger partial charge in [0.25, 0.3) is 0 Å². The summed E-state index contributed by atoms with van der Waals surface area (Å²) in [7, 11) is 0. The Balaban J connectivity index is 0.00000225. The fourth-order valence-electron chi connectivity index (χ4n) is 2.58. The number of halogens is 1. The van der Waals surface area contributed by atoms with Gasteiger partial charge in [0.15, 0.2) is 5.96 Å². The van der Waals surface area contributed by atoms with Crippen molar-refractivity contribution in [2.45, 2.75) is 26.2 Å². The molecule has 0 bridgehead atoms. The zero-order valence-corrected chi connectivity index (χ0v) is 16.7. The largest absolute Gasteiger partial charge is 0.370 e. The molecule has 3 rings (SSSR count). The van der Waals surface area contributed by atoms with Gasteiger partial charge in [-0.15, -0.1) is 24.0 Å². The predicted molar refractivity (Wildman–Crippen MR) is 116 cm³/mol. The van der Waals surface area contributed by atoms with Crippen LogP contribution in [0.5, 0.6) is 0 Å². The van der Waals surface area contributed by atoms with Gasteiger partial charge in [-0.1, -0.05) is 31.2 Å². The zero-order chi connectivity index (χ0) is 16.8. The summed E-state index contributed by atoms with van der Waals surface area (Å²) in [4.78, 5) is 12.3.